The molecule has 0 spiro atoms. The third kappa shape index (κ3) is 12.7. The van der Waals surface area contributed by atoms with E-state index in [2.05, 4.69) is 71.9 Å². The summed E-state index contributed by atoms with van der Waals surface area (Å²) >= 11 is 0. The van der Waals surface area contributed by atoms with Gasteiger partial charge in [0.2, 0.25) is 11.8 Å². The predicted molar refractivity (Wildman–Crippen MR) is 319 cm³/mol. The number of alkyl halides is 3. The number of carbonyl (C=O) groups is 4. The number of carbonyl (C=O) groups excluding carboxylic acids is 4. The third-order valence-corrected chi connectivity index (χ3v) is 21.2. The van der Waals surface area contributed by atoms with E-state index in [9.17, 15) is 45.6 Å². The monoisotopic (exact) mass is 1200 g/mol. The minimum absolute atomic E-state index is 0.0152. The number of nitrogens with zero attached hydrogens (tertiary/aromatic N) is 5. The maximum absolute atomic E-state index is 14.4. The molecule has 462 valence electrons. The van der Waals surface area contributed by atoms with E-state index < -0.39 is 44.8 Å². The normalized spacial score (nSPS) is 26.0. The lowest BCUT2D eigenvalue weighted by molar-refractivity contribution is -0.217. The number of nitrogens with one attached hydrogen (secondary N) is 2. The highest BCUT2D eigenvalue weighted by Gasteiger charge is 2.65. The second-order valence-electron chi connectivity index (χ2n) is 27.0. The third-order valence-electron chi connectivity index (χ3n) is 20.3. The Morgan fingerprint density at radius 3 is 2.21 bits per heavy atom. The number of aromatic nitrogens is 2. The van der Waals surface area contributed by atoms with Gasteiger partial charge in [0.25, 0.3) is 16.0 Å². The molecule has 85 heavy (non-hydrogen) atoms. The molecule has 3 amide bonds. The second kappa shape index (κ2) is 23.7. The zero-order chi connectivity index (χ0) is 61.1. The minimum atomic E-state index is -4.35. The number of benzene rings is 3. The quantitative estimate of drug-likeness (QED) is 0.0708. The Morgan fingerprint density at radius 2 is 1.61 bits per heavy atom. The number of allylic oxidation sites excluding steroid dienone is 2. The van der Waals surface area contributed by atoms with Crippen molar-refractivity contribution < 1.29 is 54.8 Å². The average Bonchev–Trinajstić information content (AvgIpc) is 1.62. The summed E-state index contributed by atoms with van der Waals surface area (Å²) in [6.07, 6.45) is 5.56. The number of rotatable bonds is 16. The minimum Gasteiger partial charge on any atom is -0.497 e. The van der Waals surface area contributed by atoms with Gasteiger partial charge in [-0.3, -0.25) is 48.0 Å². The molecule has 11 rings (SSSR count). The summed E-state index contributed by atoms with van der Waals surface area (Å²) in [5, 5.41) is 5.73. The molecule has 4 aliphatic heterocycles. The first-order valence-corrected chi connectivity index (χ1v) is 31.8. The van der Waals surface area contributed by atoms with Gasteiger partial charge in [-0.2, -0.15) is 21.6 Å². The summed E-state index contributed by atoms with van der Waals surface area (Å²) in [7, 11) is -2.43. The van der Waals surface area contributed by atoms with Gasteiger partial charge in [0.05, 0.1) is 51.6 Å². The Morgan fingerprint density at radius 1 is 0.894 bits per heavy atom. The van der Waals surface area contributed by atoms with Crippen LogP contribution < -0.4 is 21.1 Å². The predicted octanol–water partition coefficient (Wildman–Crippen LogP) is 9.43. The van der Waals surface area contributed by atoms with E-state index in [4.69, 9.17) is 14.0 Å². The number of piperazine rings is 1. The van der Waals surface area contributed by atoms with E-state index in [1.165, 1.54) is 24.0 Å². The van der Waals surface area contributed by atoms with Crippen molar-refractivity contribution in [2.75, 3.05) is 77.1 Å². The molecule has 2 bridgehead atoms. The molecule has 17 nitrogen and oxygen atoms in total. The molecule has 1 aromatic heterocycles. The van der Waals surface area contributed by atoms with E-state index in [1.54, 1.807) is 23.8 Å². The lowest BCUT2D eigenvalue weighted by Crippen LogP contribution is -2.50. The fraction of sp³-hybridized carbons (Fsp3) is 0.609. The molecule has 7 aliphatic rings. The van der Waals surface area contributed by atoms with E-state index in [0.717, 1.165) is 80.6 Å². The van der Waals surface area contributed by atoms with Crippen LogP contribution in [0.5, 0.6) is 5.75 Å². The molecule has 5 fully saturated rings. The first-order chi connectivity index (χ1) is 40.0. The first kappa shape index (κ1) is 62.2. The van der Waals surface area contributed by atoms with E-state index >= 15 is 0 Å². The van der Waals surface area contributed by atoms with Crippen LogP contribution in [-0.2, 0) is 47.7 Å². The Labute approximate surface area is 496 Å². The number of Topliss-reactive ketones (excluding diaryl/α,β-unsaturated/α-hetero) is 1. The number of piperidine rings is 1. The van der Waals surface area contributed by atoms with Gasteiger partial charge in [-0.1, -0.05) is 56.3 Å². The highest BCUT2D eigenvalue weighted by molar-refractivity contribution is 7.85. The Hall–Kier alpha value is -5.87. The van der Waals surface area contributed by atoms with Crippen LogP contribution in [0.25, 0.3) is 16.6 Å². The molecule has 3 N–H and O–H groups in total. The molecular formula is C64H84F3N7O10S. The Kier molecular flexibility index (Phi) is 17.3. The van der Waals surface area contributed by atoms with Gasteiger partial charge in [-0.05, 0) is 156 Å². The SMILES string of the molecule is CC1(C)C2CCC1(CS(=O)(=O)O)C(=O)C2.COc1ccc([C@]2(CCN(Cc3ccc(C4=CC[C@H](CN5CCN(C(=O)c6ccc7c8c6NCCn8c(=O)n7C6CCC(=O)NC6=O)CC5)CC4)cc3)CC(C)(C)C(F)(F)F)CCOC(C)(C)C2)cc1. The van der Waals surface area contributed by atoms with Crippen molar-refractivity contribution in [3.63, 3.8) is 0 Å². The van der Waals surface area contributed by atoms with Crippen LogP contribution in [0.3, 0.4) is 0 Å². The van der Waals surface area contributed by atoms with Gasteiger partial charge in [0, 0.05) is 83.8 Å². The maximum atomic E-state index is 14.4. The summed E-state index contributed by atoms with van der Waals surface area (Å²) in [5.74, 6) is 0.229. The second-order valence-corrected chi connectivity index (χ2v) is 28.4. The zero-order valence-electron chi connectivity index (χ0n) is 50.2. The van der Waals surface area contributed by atoms with Gasteiger partial charge < -0.3 is 19.7 Å². The number of methoxy groups -OCH3 is 1. The number of halogens is 3. The topological polar surface area (TPSA) is 202 Å². The summed E-state index contributed by atoms with van der Waals surface area (Å²) in [4.78, 5) is 70.5. The number of fused-ring (bicyclic) bond motifs is 2. The maximum Gasteiger partial charge on any atom is 0.395 e. The van der Waals surface area contributed by atoms with Gasteiger partial charge in [0.15, 0.2) is 0 Å². The number of anilines is 1. The summed E-state index contributed by atoms with van der Waals surface area (Å²) in [6.45, 7) is 16.6. The Bertz CT molecular complexity index is 3400. The Balaban J connectivity index is 0.000000464. The molecular weight excluding hydrogens is 1120 g/mol. The lowest BCUT2D eigenvalue weighted by Gasteiger charge is -2.46. The summed E-state index contributed by atoms with van der Waals surface area (Å²) < 4.78 is 88.9. The molecule has 3 aliphatic carbocycles. The number of ether oxygens (including phenoxy) is 2. The van der Waals surface area contributed by atoms with E-state index in [-0.39, 0.29) is 65.0 Å². The van der Waals surface area contributed by atoms with Crippen LogP contribution in [0.4, 0.5) is 18.9 Å². The summed E-state index contributed by atoms with van der Waals surface area (Å²) in [6, 6.07) is 19.2. The number of hydrogen-bond acceptors (Lipinski definition) is 12. The van der Waals surface area contributed by atoms with Crippen LogP contribution in [0.1, 0.15) is 145 Å². The molecule has 5 atom stereocenters. The molecule has 5 heterocycles. The summed E-state index contributed by atoms with van der Waals surface area (Å²) in [5.41, 5.74) is 2.94. The van der Waals surface area contributed by atoms with Gasteiger partial charge in [-0.25, -0.2) is 4.79 Å². The average molecular weight is 1200 g/mol. The van der Waals surface area contributed by atoms with Crippen molar-refractivity contribution in [1.82, 2.24) is 29.2 Å². The van der Waals surface area contributed by atoms with Crippen LogP contribution in [0, 0.1) is 28.1 Å². The number of imide groups is 1. The van der Waals surface area contributed by atoms with Crippen LogP contribution >= 0.6 is 0 Å². The fourth-order valence-electron chi connectivity index (χ4n) is 15.2. The van der Waals surface area contributed by atoms with Crippen molar-refractivity contribution in [2.24, 2.45) is 28.1 Å². The van der Waals surface area contributed by atoms with Gasteiger partial charge in [-0.15, -0.1) is 0 Å². The smallest absolute Gasteiger partial charge is 0.395 e. The molecule has 21 heteroatoms. The highest BCUT2D eigenvalue weighted by atomic mass is 32.2. The number of imidazole rings is 1. The van der Waals surface area contributed by atoms with Gasteiger partial charge >= 0.3 is 11.9 Å². The first-order valence-electron chi connectivity index (χ1n) is 30.2. The van der Waals surface area contributed by atoms with Crippen molar-refractivity contribution in [3.8, 4) is 5.75 Å². The molecule has 3 aromatic carbocycles. The number of hydrogen-bond donors (Lipinski definition) is 3. The lowest BCUT2D eigenvalue weighted by atomic mass is 9.67. The van der Waals surface area contributed by atoms with Crippen LogP contribution in [-0.4, -0.2) is 144 Å². The van der Waals surface area contributed by atoms with Crippen LogP contribution in [0.2, 0.25) is 0 Å². The van der Waals surface area contributed by atoms with Crippen molar-refractivity contribution in [1.29, 1.82) is 0 Å². The largest absolute Gasteiger partial charge is 0.497 e. The van der Waals surface area contributed by atoms with E-state index in [1.807, 2.05) is 35.8 Å². The number of ketones is 1. The van der Waals surface area contributed by atoms with Crippen molar-refractivity contribution in [2.45, 2.75) is 148 Å². The van der Waals surface area contributed by atoms with Crippen LogP contribution in [0.15, 0.2) is 71.5 Å². The van der Waals surface area contributed by atoms with Crippen molar-refractivity contribution >= 4 is 55.9 Å². The molecule has 0 radical (unpaired) electrons. The molecule has 2 saturated carbocycles. The van der Waals surface area contributed by atoms with Crippen molar-refractivity contribution in [3.05, 3.63) is 99.5 Å². The number of amides is 3. The standard InChI is InChI=1S/C54H68F3N7O6.C10H16O4S/c1-51(2,54(55,56)57)35-61(25-22-53(23-31-70-52(3,4)34-53)40-14-16-41(69-5)17-15-40)33-37-8-12-39(13-9-37)38-10-6-36(7-11-38)32-60-27-29-62(30-28-60)49(67)42-18-19-43-47-46(42)58-24-26-63(47)50(68)64(43)44-20-21-45(65)59-48(44)66;1-9(2)7-3-4-10(9,8(11)5-7)6-15(12,13)14/h8-10,12-19,36,44,58H,6-7,11,20-35H2,1-5H3,(H,59,65,66);7H,3-6H2,1-2H3,(H,12,13,14)/t36-,44?,53+;/m0./s1. The molecule has 4 aromatic rings. The fourth-order valence-corrected chi connectivity index (χ4v) is 16.5. The zero-order valence-corrected chi connectivity index (χ0v) is 51.1. The molecule has 3 saturated heterocycles. The van der Waals surface area contributed by atoms with E-state index in [0.29, 0.717) is 93.3 Å². The van der Waals surface area contributed by atoms with Gasteiger partial charge in [0.1, 0.15) is 17.6 Å². The molecule has 3 unspecified atom stereocenters. The highest BCUT2D eigenvalue weighted by Crippen LogP contribution is 2.64.